The largest absolute Gasteiger partial charge is 0.467 e. The van der Waals surface area contributed by atoms with Crippen molar-refractivity contribution < 1.29 is 9.21 Å². The van der Waals surface area contributed by atoms with Gasteiger partial charge in [-0.15, -0.1) is 0 Å². The molecule has 6 heteroatoms. The van der Waals surface area contributed by atoms with Crippen molar-refractivity contribution in [2.75, 3.05) is 13.6 Å². The van der Waals surface area contributed by atoms with Crippen LogP contribution in [0.15, 0.2) is 52.1 Å². The van der Waals surface area contributed by atoms with Crippen LogP contribution in [0.25, 0.3) is 0 Å². The zero-order valence-electron chi connectivity index (χ0n) is 16.6. The van der Waals surface area contributed by atoms with Gasteiger partial charge in [-0.05, 0) is 42.5 Å². The van der Waals surface area contributed by atoms with E-state index >= 15 is 0 Å². The summed E-state index contributed by atoms with van der Waals surface area (Å²) < 4.78 is 5.19. The summed E-state index contributed by atoms with van der Waals surface area (Å²) in [6.07, 6.45) is 2.67. The highest BCUT2D eigenvalue weighted by Crippen LogP contribution is 2.15. The van der Waals surface area contributed by atoms with Gasteiger partial charge in [0.05, 0.1) is 25.4 Å². The van der Waals surface area contributed by atoms with Crippen molar-refractivity contribution in [3.8, 4) is 0 Å². The molecule has 0 bridgehead atoms. The number of nitrogens with zero attached hydrogens (tertiary/aromatic N) is 1. The van der Waals surface area contributed by atoms with Crippen LogP contribution in [0.4, 0.5) is 0 Å². The Bertz CT molecular complexity index is 721. The third-order valence-electron chi connectivity index (χ3n) is 4.16. The lowest BCUT2D eigenvalue weighted by atomic mass is 10.00. The third-order valence-corrected chi connectivity index (χ3v) is 4.16. The summed E-state index contributed by atoms with van der Waals surface area (Å²) in [6, 6.07) is 12.3. The summed E-state index contributed by atoms with van der Waals surface area (Å²) in [7, 11) is 1.69. The Morgan fingerprint density at radius 2 is 1.85 bits per heavy atom. The molecule has 146 valence electrons. The Labute approximate surface area is 161 Å². The van der Waals surface area contributed by atoms with Gasteiger partial charge in [-0.2, -0.15) is 0 Å². The fourth-order valence-electron chi connectivity index (χ4n) is 2.72. The molecule has 0 saturated heterocycles. The number of amides is 1. The van der Waals surface area contributed by atoms with E-state index in [2.05, 4.69) is 66.0 Å². The number of rotatable bonds is 8. The van der Waals surface area contributed by atoms with Gasteiger partial charge in [0.2, 0.25) is 5.91 Å². The highest BCUT2D eigenvalue weighted by atomic mass is 16.3. The van der Waals surface area contributed by atoms with Gasteiger partial charge >= 0.3 is 0 Å². The van der Waals surface area contributed by atoms with Crippen molar-refractivity contribution in [1.29, 1.82) is 0 Å². The van der Waals surface area contributed by atoms with Gasteiger partial charge in [0.15, 0.2) is 5.96 Å². The average Bonchev–Trinajstić information content (AvgIpc) is 3.17. The maximum Gasteiger partial charge on any atom is 0.239 e. The summed E-state index contributed by atoms with van der Waals surface area (Å²) >= 11 is 0. The number of guanidine groups is 1. The molecular formula is C21H30N4O2. The van der Waals surface area contributed by atoms with Crippen LogP contribution in [0, 0.1) is 5.92 Å². The number of hydrogen-bond donors (Lipinski definition) is 3. The molecule has 2 aromatic rings. The summed E-state index contributed by atoms with van der Waals surface area (Å²) in [5, 5.41) is 9.14. The quantitative estimate of drug-likeness (QED) is 0.493. The maximum atomic E-state index is 11.9. The van der Waals surface area contributed by atoms with Crippen LogP contribution in [0.1, 0.15) is 43.7 Å². The Hall–Kier alpha value is -2.76. The zero-order chi connectivity index (χ0) is 19.6. The Morgan fingerprint density at radius 3 is 2.44 bits per heavy atom. The lowest BCUT2D eigenvalue weighted by Gasteiger charge is -2.18. The van der Waals surface area contributed by atoms with E-state index in [9.17, 15) is 4.79 Å². The highest BCUT2D eigenvalue weighted by Gasteiger charge is 2.10. The van der Waals surface area contributed by atoms with Crippen LogP contribution in [0.3, 0.4) is 0 Å². The molecule has 1 atom stereocenters. The number of hydrogen-bond acceptors (Lipinski definition) is 3. The van der Waals surface area contributed by atoms with Crippen molar-refractivity contribution in [3.05, 3.63) is 59.5 Å². The number of aliphatic imine (C=N–C) groups is 1. The molecule has 27 heavy (non-hydrogen) atoms. The minimum Gasteiger partial charge on any atom is -0.467 e. The lowest BCUT2D eigenvalue weighted by Crippen LogP contribution is -2.43. The van der Waals surface area contributed by atoms with E-state index in [1.807, 2.05) is 6.07 Å². The van der Waals surface area contributed by atoms with Crippen LogP contribution in [-0.4, -0.2) is 25.5 Å². The van der Waals surface area contributed by atoms with E-state index < -0.39 is 0 Å². The monoisotopic (exact) mass is 370 g/mol. The molecule has 1 amide bonds. The number of furan rings is 1. The summed E-state index contributed by atoms with van der Waals surface area (Å²) in [4.78, 5) is 16.1. The van der Waals surface area contributed by atoms with Gasteiger partial charge in [0.1, 0.15) is 5.76 Å². The molecule has 0 aliphatic carbocycles. The molecule has 0 radical (unpaired) electrons. The molecule has 1 aromatic heterocycles. The fraction of sp³-hybridized carbons (Fsp3) is 0.429. The number of benzene rings is 1. The molecule has 0 aliphatic rings. The van der Waals surface area contributed by atoms with Gasteiger partial charge in [-0.3, -0.25) is 9.79 Å². The zero-order valence-corrected chi connectivity index (χ0v) is 16.6. The molecule has 0 aliphatic heterocycles. The van der Waals surface area contributed by atoms with Crippen molar-refractivity contribution in [3.63, 3.8) is 0 Å². The van der Waals surface area contributed by atoms with E-state index in [1.165, 1.54) is 11.1 Å². The average molecular weight is 370 g/mol. The highest BCUT2D eigenvalue weighted by molar-refractivity contribution is 5.86. The molecule has 1 heterocycles. The van der Waals surface area contributed by atoms with Crippen LogP contribution in [-0.2, 0) is 17.8 Å². The normalized spacial score (nSPS) is 12.7. The first-order valence-electron chi connectivity index (χ1n) is 9.33. The molecule has 0 saturated carbocycles. The molecular weight excluding hydrogens is 340 g/mol. The number of nitrogens with one attached hydrogen (secondary N) is 3. The van der Waals surface area contributed by atoms with Crippen molar-refractivity contribution in [2.45, 2.75) is 39.8 Å². The molecule has 0 spiro atoms. The van der Waals surface area contributed by atoms with Crippen LogP contribution < -0.4 is 16.0 Å². The first-order chi connectivity index (χ1) is 13.0. The van der Waals surface area contributed by atoms with Gasteiger partial charge in [0.25, 0.3) is 0 Å². The van der Waals surface area contributed by atoms with Gasteiger partial charge in [-0.1, -0.05) is 38.1 Å². The first kappa shape index (κ1) is 20.6. The molecule has 3 N–H and O–H groups in total. The second-order valence-electron chi connectivity index (χ2n) is 6.99. The van der Waals surface area contributed by atoms with Crippen molar-refractivity contribution >= 4 is 11.9 Å². The van der Waals surface area contributed by atoms with Crippen LogP contribution >= 0.6 is 0 Å². The minimum atomic E-state index is -0.125. The predicted octanol–water partition coefficient (Wildman–Crippen LogP) is 3.02. The van der Waals surface area contributed by atoms with Crippen molar-refractivity contribution in [2.24, 2.45) is 10.9 Å². The minimum absolute atomic E-state index is 0.0791. The Balaban J connectivity index is 1.78. The van der Waals surface area contributed by atoms with E-state index in [-0.39, 0.29) is 18.5 Å². The second kappa shape index (κ2) is 10.4. The molecule has 2 rings (SSSR count). The third kappa shape index (κ3) is 7.17. The van der Waals surface area contributed by atoms with Crippen LogP contribution in [0.5, 0.6) is 0 Å². The lowest BCUT2D eigenvalue weighted by molar-refractivity contribution is -0.120. The van der Waals surface area contributed by atoms with Gasteiger partial charge in [0, 0.05) is 7.05 Å². The van der Waals surface area contributed by atoms with Crippen molar-refractivity contribution in [1.82, 2.24) is 16.0 Å². The first-order valence-corrected chi connectivity index (χ1v) is 9.33. The summed E-state index contributed by atoms with van der Waals surface area (Å²) in [6.45, 7) is 7.03. The number of carbonyl (C=O) groups is 1. The fourth-order valence-corrected chi connectivity index (χ4v) is 2.72. The maximum absolute atomic E-state index is 11.9. The summed E-state index contributed by atoms with van der Waals surface area (Å²) in [5.74, 6) is 1.83. The molecule has 0 fully saturated rings. The second-order valence-corrected chi connectivity index (χ2v) is 6.99. The molecule has 1 unspecified atom stereocenters. The van der Waals surface area contributed by atoms with Gasteiger partial charge in [-0.25, -0.2) is 0 Å². The molecule has 1 aromatic carbocycles. The smallest absolute Gasteiger partial charge is 0.239 e. The Kier molecular flexibility index (Phi) is 7.92. The van der Waals surface area contributed by atoms with Gasteiger partial charge < -0.3 is 20.4 Å². The van der Waals surface area contributed by atoms with Crippen LogP contribution in [0.2, 0.25) is 0 Å². The Morgan fingerprint density at radius 1 is 1.11 bits per heavy atom. The molecule has 6 nitrogen and oxygen atoms in total. The van der Waals surface area contributed by atoms with E-state index in [4.69, 9.17) is 4.42 Å². The standard InChI is InChI=1S/C21H30N4O2/c1-15(2)12-17-7-9-18(10-8-17)16(3)25-21(22-4)24-14-20(26)23-13-19-6-5-11-27-19/h5-11,15-16H,12-14H2,1-4H3,(H,23,26)(H2,22,24,25). The number of carbonyl (C=O) groups excluding carboxylic acids is 1. The summed E-state index contributed by atoms with van der Waals surface area (Å²) in [5.41, 5.74) is 2.52. The predicted molar refractivity (Wildman–Crippen MR) is 108 cm³/mol. The van der Waals surface area contributed by atoms with E-state index in [1.54, 1.807) is 19.4 Å². The topological polar surface area (TPSA) is 78.7 Å². The van der Waals surface area contributed by atoms with E-state index in [0.29, 0.717) is 18.4 Å². The van der Waals surface area contributed by atoms with E-state index in [0.717, 1.165) is 12.2 Å². The SMILES string of the molecule is CN=C(NCC(=O)NCc1ccco1)NC(C)c1ccc(CC(C)C)cc1.